The van der Waals surface area contributed by atoms with Crippen LogP contribution in [0.2, 0.25) is 0 Å². The van der Waals surface area contributed by atoms with Gasteiger partial charge in [-0.25, -0.2) is 0 Å². The van der Waals surface area contributed by atoms with Crippen LogP contribution < -0.4 is 5.32 Å². The molecule has 1 atom stereocenters. The number of nitrogens with zero attached hydrogens (tertiary/aromatic N) is 2. The van der Waals surface area contributed by atoms with E-state index in [0.717, 1.165) is 25.8 Å². The summed E-state index contributed by atoms with van der Waals surface area (Å²) in [5.41, 5.74) is 0. The van der Waals surface area contributed by atoms with Crippen molar-refractivity contribution in [3.63, 3.8) is 0 Å². The molecule has 0 saturated carbocycles. The lowest BCUT2D eigenvalue weighted by Crippen LogP contribution is -2.50. The highest BCUT2D eigenvalue weighted by Gasteiger charge is 2.32. The molecular weight excluding hydrogens is 283 g/mol. The van der Waals surface area contributed by atoms with E-state index < -0.39 is 12.7 Å². The van der Waals surface area contributed by atoms with Crippen LogP contribution in [0.5, 0.6) is 0 Å². The molecule has 2 heterocycles. The quantitative estimate of drug-likeness (QED) is 0.838. The Labute approximate surface area is 123 Å². The Kier molecular flexibility index (Phi) is 5.48. The molecule has 2 saturated heterocycles. The lowest BCUT2D eigenvalue weighted by molar-refractivity contribution is -0.148. The number of hydrogen-bond donors (Lipinski definition) is 1. The van der Waals surface area contributed by atoms with E-state index in [-0.39, 0.29) is 18.0 Å². The van der Waals surface area contributed by atoms with E-state index in [4.69, 9.17) is 0 Å². The number of amides is 1. The maximum atomic E-state index is 12.3. The molecule has 122 valence electrons. The van der Waals surface area contributed by atoms with Crippen molar-refractivity contribution < 1.29 is 18.0 Å². The first-order valence-electron chi connectivity index (χ1n) is 7.66. The van der Waals surface area contributed by atoms with Crippen molar-refractivity contribution in [1.82, 2.24) is 15.1 Å². The van der Waals surface area contributed by atoms with E-state index in [1.54, 1.807) is 0 Å². The van der Waals surface area contributed by atoms with Crippen LogP contribution in [0.15, 0.2) is 0 Å². The van der Waals surface area contributed by atoms with Crippen LogP contribution in [0, 0.1) is 0 Å². The first-order valence-corrected chi connectivity index (χ1v) is 7.66. The molecule has 1 unspecified atom stereocenters. The van der Waals surface area contributed by atoms with Gasteiger partial charge < -0.3 is 10.2 Å². The Hall–Kier alpha value is -0.820. The fraction of sp³-hybridized carbons (Fsp3) is 0.929. The molecule has 21 heavy (non-hydrogen) atoms. The topological polar surface area (TPSA) is 35.6 Å². The molecule has 1 N–H and O–H groups in total. The van der Waals surface area contributed by atoms with Crippen molar-refractivity contribution in [3.8, 4) is 0 Å². The normalized spacial score (nSPS) is 23.8. The average molecular weight is 307 g/mol. The number of halogens is 3. The van der Waals surface area contributed by atoms with Crippen LogP contribution in [-0.4, -0.2) is 66.7 Å². The Bertz CT molecular complexity index is 354. The summed E-state index contributed by atoms with van der Waals surface area (Å²) in [6, 6.07) is 0.438. The number of rotatable bonds is 5. The van der Waals surface area contributed by atoms with E-state index in [0.29, 0.717) is 26.1 Å². The minimum atomic E-state index is -4.11. The van der Waals surface area contributed by atoms with Crippen molar-refractivity contribution >= 4 is 5.91 Å². The number of likely N-dealkylation sites (tertiary alicyclic amines) is 2. The van der Waals surface area contributed by atoms with Gasteiger partial charge in [-0.15, -0.1) is 0 Å². The van der Waals surface area contributed by atoms with Gasteiger partial charge in [0.2, 0.25) is 5.91 Å². The molecule has 0 aromatic carbocycles. The van der Waals surface area contributed by atoms with Gasteiger partial charge in [0.25, 0.3) is 0 Å². The van der Waals surface area contributed by atoms with Gasteiger partial charge in [-0.2, -0.15) is 13.2 Å². The third-order valence-electron chi connectivity index (χ3n) is 4.18. The Morgan fingerprint density at radius 2 is 1.95 bits per heavy atom. The summed E-state index contributed by atoms with van der Waals surface area (Å²) in [6.07, 6.45) is -1.07. The molecular formula is C14H24F3N3O. The van der Waals surface area contributed by atoms with E-state index in [9.17, 15) is 18.0 Å². The van der Waals surface area contributed by atoms with Gasteiger partial charge in [-0.05, 0) is 39.3 Å². The van der Waals surface area contributed by atoms with Crippen LogP contribution in [0.25, 0.3) is 0 Å². The monoisotopic (exact) mass is 307 g/mol. The summed E-state index contributed by atoms with van der Waals surface area (Å²) >= 11 is 0. The Morgan fingerprint density at radius 1 is 1.29 bits per heavy atom. The van der Waals surface area contributed by atoms with Gasteiger partial charge >= 0.3 is 6.18 Å². The van der Waals surface area contributed by atoms with Gasteiger partial charge in [-0.3, -0.25) is 9.69 Å². The third-order valence-corrected chi connectivity index (χ3v) is 4.18. The summed E-state index contributed by atoms with van der Waals surface area (Å²) < 4.78 is 37.0. The van der Waals surface area contributed by atoms with Crippen molar-refractivity contribution in [1.29, 1.82) is 0 Å². The minimum absolute atomic E-state index is 0.186. The number of piperidine rings is 1. The first kappa shape index (κ1) is 16.5. The van der Waals surface area contributed by atoms with E-state index >= 15 is 0 Å². The molecule has 1 amide bonds. The third kappa shape index (κ3) is 5.47. The number of carbonyl (C=O) groups is 1. The lowest BCUT2D eigenvalue weighted by atomic mass is 10.0. The van der Waals surface area contributed by atoms with Gasteiger partial charge in [0.1, 0.15) is 0 Å². The molecule has 7 heteroatoms. The second-order valence-corrected chi connectivity index (χ2v) is 6.18. The van der Waals surface area contributed by atoms with Crippen molar-refractivity contribution in [2.45, 2.75) is 50.9 Å². The number of nitrogens with one attached hydrogen (secondary N) is 1. The highest BCUT2D eigenvalue weighted by atomic mass is 19.4. The summed E-state index contributed by atoms with van der Waals surface area (Å²) in [6.45, 7) is 3.71. The SMILES string of the molecule is CC(CN1CCCC1=O)NC1CCN(CC(F)(F)F)CC1. The molecule has 4 nitrogen and oxygen atoms in total. The molecule has 2 aliphatic rings. The Morgan fingerprint density at radius 3 is 2.48 bits per heavy atom. The van der Waals surface area contributed by atoms with Crippen molar-refractivity contribution in [2.24, 2.45) is 0 Å². The van der Waals surface area contributed by atoms with Crippen LogP contribution in [0.1, 0.15) is 32.6 Å². The summed E-state index contributed by atoms with van der Waals surface area (Å²) in [5, 5.41) is 3.45. The van der Waals surface area contributed by atoms with E-state index in [2.05, 4.69) is 5.32 Å². The zero-order valence-corrected chi connectivity index (χ0v) is 12.5. The highest BCUT2D eigenvalue weighted by Crippen LogP contribution is 2.20. The highest BCUT2D eigenvalue weighted by molar-refractivity contribution is 5.78. The van der Waals surface area contributed by atoms with Crippen molar-refractivity contribution in [3.05, 3.63) is 0 Å². The average Bonchev–Trinajstić information content (AvgIpc) is 2.76. The molecule has 0 aliphatic carbocycles. The fourth-order valence-electron chi connectivity index (χ4n) is 3.19. The summed E-state index contributed by atoms with van der Waals surface area (Å²) in [5.74, 6) is 0.212. The maximum Gasteiger partial charge on any atom is 0.401 e. The lowest BCUT2D eigenvalue weighted by Gasteiger charge is -2.34. The second kappa shape index (κ2) is 6.96. The summed E-state index contributed by atoms with van der Waals surface area (Å²) in [4.78, 5) is 14.9. The van der Waals surface area contributed by atoms with Crippen LogP contribution in [-0.2, 0) is 4.79 Å². The molecule has 0 aromatic heterocycles. The Balaban J connectivity index is 1.67. The minimum Gasteiger partial charge on any atom is -0.341 e. The smallest absolute Gasteiger partial charge is 0.341 e. The zero-order valence-electron chi connectivity index (χ0n) is 12.5. The van der Waals surface area contributed by atoms with Crippen LogP contribution in [0.3, 0.4) is 0 Å². The first-order chi connectivity index (χ1) is 9.83. The molecule has 0 bridgehead atoms. The van der Waals surface area contributed by atoms with Gasteiger partial charge in [0, 0.05) is 31.6 Å². The standard InChI is InChI=1S/C14H24F3N3O/c1-11(9-20-6-2-3-13(20)21)18-12-4-7-19(8-5-12)10-14(15,16)17/h11-12,18H,2-10H2,1H3. The maximum absolute atomic E-state index is 12.3. The number of hydrogen-bond acceptors (Lipinski definition) is 3. The number of carbonyl (C=O) groups excluding carboxylic acids is 1. The van der Waals surface area contributed by atoms with Gasteiger partial charge in [-0.1, -0.05) is 0 Å². The molecule has 2 fully saturated rings. The molecule has 0 aromatic rings. The predicted octanol–water partition coefficient (Wildman–Crippen LogP) is 1.61. The zero-order chi connectivity index (χ0) is 15.5. The fourth-order valence-corrected chi connectivity index (χ4v) is 3.19. The molecule has 0 spiro atoms. The van der Waals surface area contributed by atoms with E-state index in [1.165, 1.54) is 4.90 Å². The second-order valence-electron chi connectivity index (χ2n) is 6.18. The predicted molar refractivity (Wildman–Crippen MR) is 73.9 cm³/mol. The number of alkyl halides is 3. The van der Waals surface area contributed by atoms with Gasteiger partial charge in [0.05, 0.1) is 6.54 Å². The van der Waals surface area contributed by atoms with Crippen molar-refractivity contribution in [2.75, 3.05) is 32.7 Å². The molecule has 0 radical (unpaired) electrons. The summed E-state index contributed by atoms with van der Waals surface area (Å²) in [7, 11) is 0. The molecule has 2 rings (SSSR count). The molecule has 2 aliphatic heterocycles. The van der Waals surface area contributed by atoms with Crippen LogP contribution >= 0.6 is 0 Å². The largest absolute Gasteiger partial charge is 0.401 e. The van der Waals surface area contributed by atoms with Crippen LogP contribution in [0.4, 0.5) is 13.2 Å². The van der Waals surface area contributed by atoms with Gasteiger partial charge in [0.15, 0.2) is 0 Å². The van der Waals surface area contributed by atoms with E-state index in [1.807, 2.05) is 11.8 Å².